The van der Waals surface area contributed by atoms with Gasteiger partial charge in [0.25, 0.3) is 15.7 Å². The number of amides is 1. The number of aromatic nitrogens is 2. The number of nitrogens with zero attached hydrogens (tertiary/aromatic N) is 3. The van der Waals surface area contributed by atoms with E-state index in [-0.39, 0.29) is 22.2 Å². The molecular weight excluding hydrogens is 410 g/mol. The molecule has 0 unspecified atom stereocenters. The Balaban J connectivity index is 1.89. The number of non-ortho nitro benzene ring substituents is 1. The number of nitrogens with one attached hydrogen (secondary N) is 2. The van der Waals surface area contributed by atoms with Gasteiger partial charge in [0, 0.05) is 30.8 Å². The number of nitro groups is 1. The summed E-state index contributed by atoms with van der Waals surface area (Å²) >= 11 is 0. The summed E-state index contributed by atoms with van der Waals surface area (Å²) in [6, 6.07) is 11.7. The van der Waals surface area contributed by atoms with Crippen LogP contribution in [0.15, 0.2) is 53.4 Å². The Bertz CT molecular complexity index is 1230. The highest BCUT2D eigenvalue weighted by Crippen LogP contribution is 2.25. The lowest BCUT2D eigenvalue weighted by Gasteiger charge is -2.12. The Kier molecular flexibility index (Phi) is 5.56. The van der Waals surface area contributed by atoms with E-state index >= 15 is 0 Å². The number of benzene rings is 2. The average Bonchev–Trinajstić information content (AvgIpc) is 3.01. The fraction of sp³-hybridized carbons (Fsp3) is 0.158. The molecule has 0 aliphatic heterocycles. The third-order valence-corrected chi connectivity index (χ3v) is 5.70. The van der Waals surface area contributed by atoms with Crippen molar-refractivity contribution in [2.75, 3.05) is 10.0 Å². The van der Waals surface area contributed by atoms with E-state index < -0.39 is 14.9 Å². The predicted molar refractivity (Wildman–Crippen MR) is 111 cm³/mol. The summed E-state index contributed by atoms with van der Waals surface area (Å²) in [5.41, 5.74) is 1.66. The molecule has 0 bridgehead atoms. The van der Waals surface area contributed by atoms with Gasteiger partial charge in [-0.15, -0.1) is 0 Å². The molecule has 0 saturated heterocycles. The number of hydrogen-bond acceptors (Lipinski definition) is 6. The predicted octanol–water partition coefficient (Wildman–Crippen LogP) is 3.16. The van der Waals surface area contributed by atoms with Crippen LogP contribution in [0.5, 0.6) is 0 Å². The number of carbonyl (C=O) groups is 1. The lowest BCUT2D eigenvalue weighted by molar-refractivity contribution is -0.385. The zero-order valence-electron chi connectivity index (χ0n) is 16.4. The molecular formula is C19H19N5O5S. The van der Waals surface area contributed by atoms with E-state index in [4.69, 9.17) is 0 Å². The van der Waals surface area contributed by atoms with E-state index in [2.05, 4.69) is 15.1 Å². The second kappa shape index (κ2) is 7.95. The van der Waals surface area contributed by atoms with Gasteiger partial charge < -0.3 is 5.32 Å². The van der Waals surface area contributed by atoms with E-state index in [0.29, 0.717) is 22.8 Å². The van der Waals surface area contributed by atoms with Crippen LogP contribution in [0.1, 0.15) is 18.2 Å². The normalized spacial score (nSPS) is 11.2. The Morgan fingerprint density at radius 3 is 2.37 bits per heavy atom. The van der Waals surface area contributed by atoms with Crippen LogP contribution in [0.4, 0.5) is 17.2 Å². The average molecular weight is 429 g/mol. The van der Waals surface area contributed by atoms with Crippen LogP contribution in [0.25, 0.3) is 5.69 Å². The third kappa shape index (κ3) is 4.46. The van der Waals surface area contributed by atoms with E-state index in [1.165, 1.54) is 35.9 Å². The zero-order chi connectivity index (χ0) is 22.1. The first-order valence-corrected chi connectivity index (χ1v) is 10.3. The van der Waals surface area contributed by atoms with Gasteiger partial charge in [-0.3, -0.25) is 19.6 Å². The lowest BCUT2D eigenvalue weighted by Crippen LogP contribution is -2.15. The SMILES string of the molecule is CC(=O)Nc1cc(C)nn1-c1ccc(NS(=O)(=O)c2cc([N+](=O)[O-])ccc2C)cc1. The maximum Gasteiger partial charge on any atom is 0.270 e. The summed E-state index contributed by atoms with van der Waals surface area (Å²) in [4.78, 5) is 21.5. The summed E-state index contributed by atoms with van der Waals surface area (Å²) in [6.45, 7) is 4.73. The summed E-state index contributed by atoms with van der Waals surface area (Å²) in [7, 11) is -4.03. The molecule has 0 aliphatic carbocycles. The molecule has 0 fully saturated rings. The largest absolute Gasteiger partial charge is 0.311 e. The number of sulfonamides is 1. The highest BCUT2D eigenvalue weighted by Gasteiger charge is 2.21. The lowest BCUT2D eigenvalue weighted by atomic mass is 10.2. The molecule has 0 aliphatic rings. The molecule has 11 heteroatoms. The van der Waals surface area contributed by atoms with Gasteiger partial charge in [-0.1, -0.05) is 6.07 Å². The molecule has 156 valence electrons. The number of hydrogen-bond donors (Lipinski definition) is 2. The van der Waals surface area contributed by atoms with Crippen molar-refractivity contribution in [3.8, 4) is 5.69 Å². The third-order valence-electron chi connectivity index (χ3n) is 4.17. The van der Waals surface area contributed by atoms with Crippen molar-refractivity contribution in [1.82, 2.24) is 9.78 Å². The quantitative estimate of drug-likeness (QED) is 0.456. The molecule has 1 amide bonds. The van der Waals surface area contributed by atoms with Crippen molar-refractivity contribution < 1.29 is 18.1 Å². The van der Waals surface area contributed by atoms with Crippen molar-refractivity contribution in [1.29, 1.82) is 0 Å². The molecule has 1 heterocycles. The topological polar surface area (TPSA) is 136 Å². The van der Waals surface area contributed by atoms with Crippen molar-refractivity contribution in [3.63, 3.8) is 0 Å². The summed E-state index contributed by atoms with van der Waals surface area (Å²) in [5.74, 6) is 0.244. The molecule has 2 aromatic carbocycles. The van der Waals surface area contributed by atoms with Crippen molar-refractivity contribution in [3.05, 3.63) is 69.9 Å². The molecule has 3 aromatic rings. The second-order valence-electron chi connectivity index (χ2n) is 6.62. The van der Waals surface area contributed by atoms with Crippen LogP contribution >= 0.6 is 0 Å². The van der Waals surface area contributed by atoms with Gasteiger partial charge in [0.05, 0.1) is 21.2 Å². The van der Waals surface area contributed by atoms with Gasteiger partial charge in [0.15, 0.2) is 0 Å². The number of nitro benzene ring substituents is 1. The number of anilines is 2. The first kappa shape index (κ1) is 21.0. The van der Waals surface area contributed by atoms with Gasteiger partial charge >= 0.3 is 0 Å². The highest BCUT2D eigenvalue weighted by atomic mass is 32.2. The molecule has 0 atom stereocenters. The standard InChI is InChI=1S/C19H19N5O5S/c1-12-4-7-17(24(26)27)11-18(12)30(28,29)22-15-5-8-16(9-6-15)23-19(20-14(3)25)10-13(2)21-23/h4-11,22H,1-3H3,(H,20,25). The Morgan fingerprint density at radius 2 is 1.77 bits per heavy atom. The first-order chi connectivity index (χ1) is 14.1. The monoisotopic (exact) mass is 429 g/mol. The van der Waals surface area contributed by atoms with Crippen LogP contribution in [0, 0.1) is 24.0 Å². The van der Waals surface area contributed by atoms with Crippen LogP contribution < -0.4 is 10.0 Å². The zero-order valence-corrected chi connectivity index (χ0v) is 17.2. The fourth-order valence-electron chi connectivity index (χ4n) is 2.84. The molecule has 2 N–H and O–H groups in total. The Hall–Kier alpha value is -3.73. The molecule has 30 heavy (non-hydrogen) atoms. The molecule has 3 rings (SSSR count). The second-order valence-corrected chi connectivity index (χ2v) is 8.27. The van der Waals surface area contributed by atoms with Gasteiger partial charge in [0.2, 0.25) is 5.91 Å². The molecule has 0 spiro atoms. The van der Waals surface area contributed by atoms with Gasteiger partial charge in [-0.05, 0) is 43.7 Å². The molecule has 1 aromatic heterocycles. The van der Waals surface area contributed by atoms with Crippen molar-refractivity contribution >= 4 is 33.1 Å². The van der Waals surface area contributed by atoms with E-state index in [1.807, 2.05) is 0 Å². The van der Waals surface area contributed by atoms with Crippen LogP contribution in [-0.2, 0) is 14.8 Å². The van der Waals surface area contributed by atoms with Gasteiger partial charge in [0.1, 0.15) is 5.82 Å². The summed E-state index contributed by atoms with van der Waals surface area (Å²) in [6.07, 6.45) is 0. The molecule has 10 nitrogen and oxygen atoms in total. The first-order valence-electron chi connectivity index (χ1n) is 8.79. The molecule has 0 saturated carbocycles. The maximum absolute atomic E-state index is 12.7. The van der Waals surface area contributed by atoms with Crippen LogP contribution in [0.2, 0.25) is 0 Å². The van der Waals surface area contributed by atoms with Gasteiger partial charge in [-0.25, -0.2) is 13.1 Å². The number of aryl methyl sites for hydroxylation is 2. The summed E-state index contributed by atoms with van der Waals surface area (Å²) < 4.78 is 29.4. The fourth-order valence-corrected chi connectivity index (χ4v) is 4.16. The summed E-state index contributed by atoms with van der Waals surface area (Å²) in [5, 5.41) is 18.0. The van der Waals surface area contributed by atoms with Crippen molar-refractivity contribution in [2.45, 2.75) is 25.7 Å². The Labute approximate surface area is 172 Å². The van der Waals surface area contributed by atoms with E-state index in [9.17, 15) is 23.3 Å². The highest BCUT2D eigenvalue weighted by molar-refractivity contribution is 7.92. The maximum atomic E-state index is 12.7. The minimum Gasteiger partial charge on any atom is -0.311 e. The Morgan fingerprint density at radius 1 is 1.10 bits per heavy atom. The van der Waals surface area contributed by atoms with E-state index in [1.54, 1.807) is 32.0 Å². The van der Waals surface area contributed by atoms with Crippen LogP contribution in [-0.4, -0.2) is 29.0 Å². The minimum absolute atomic E-state index is 0.170. The molecule has 0 radical (unpaired) electrons. The van der Waals surface area contributed by atoms with Crippen molar-refractivity contribution in [2.24, 2.45) is 0 Å². The van der Waals surface area contributed by atoms with Crippen LogP contribution in [0.3, 0.4) is 0 Å². The van der Waals surface area contributed by atoms with Gasteiger partial charge in [-0.2, -0.15) is 5.10 Å². The number of rotatable bonds is 6. The smallest absolute Gasteiger partial charge is 0.270 e. The minimum atomic E-state index is -4.03. The number of carbonyl (C=O) groups excluding carboxylic acids is 1. The van der Waals surface area contributed by atoms with E-state index in [0.717, 1.165) is 6.07 Å².